The van der Waals surface area contributed by atoms with Crippen LogP contribution in [0.4, 0.5) is 0 Å². The Morgan fingerprint density at radius 1 is 1.61 bits per heavy atom. The van der Waals surface area contributed by atoms with Gasteiger partial charge in [0.05, 0.1) is 23.8 Å². The molecule has 1 amide bonds. The number of hydrogen-bond donors (Lipinski definition) is 3. The van der Waals surface area contributed by atoms with Gasteiger partial charge in [0.25, 0.3) is 0 Å². The monoisotopic (exact) mass is 248 g/mol. The second-order valence-corrected chi connectivity index (χ2v) is 6.10. The predicted molar refractivity (Wildman–Crippen MR) is 67.8 cm³/mol. The van der Waals surface area contributed by atoms with Crippen LogP contribution in [0, 0.1) is 11.3 Å². The molecular weight excluding hydrogens is 228 g/mol. The molecule has 0 aromatic carbocycles. The van der Waals surface area contributed by atoms with Crippen LogP contribution in [0.15, 0.2) is 6.33 Å². The molecule has 0 spiro atoms. The quantitative estimate of drug-likeness (QED) is 0.733. The minimum Gasteiger partial charge on any atom is -0.354 e. The van der Waals surface area contributed by atoms with Crippen molar-refractivity contribution in [1.82, 2.24) is 20.6 Å². The van der Waals surface area contributed by atoms with Crippen LogP contribution in [0.3, 0.4) is 0 Å². The van der Waals surface area contributed by atoms with E-state index in [-0.39, 0.29) is 11.9 Å². The van der Waals surface area contributed by atoms with Crippen LogP contribution in [-0.4, -0.2) is 28.5 Å². The van der Waals surface area contributed by atoms with Gasteiger partial charge in [-0.3, -0.25) is 10.1 Å². The van der Waals surface area contributed by atoms with E-state index < -0.39 is 0 Å². The molecule has 5 nitrogen and oxygen atoms in total. The average molecular weight is 248 g/mol. The van der Waals surface area contributed by atoms with E-state index in [1.165, 1.54) is 6.42 Å². The SMILES string of the molecule is CC1(C)CC1CNC(=O)C1Cc2nc[nH]c2CN1. The molecule has 2 heterocycles. The van der Waals surface area contributed by atoms with Gasteiger partial charge < -0.3 is 10.3 Å². The third-order valence-electron chi connectivity index (χ3n) is 4.29. The topological polar surface area (TPSA) is 69.8 Å². The van der Waals surface area contributed by atoms with Gasteiger partial charge in [-0.05, 0) is 17.8 Å². The maximum atomic E-state index is 12.1. The largest absolute Gasteiger partial charge is 0.354 e. The maximum Gasteiger partial charge on any atom is 0.237 e. The number of carbonyl (C=O) groups is 1. The third-order valence-corrected chi connectivity index (χ3v) is 4.29. The number of aromatic nitrogens is 2. The Kier molecular flexibility index (Phi) is 2.66. The van der Waals surface area contributed by atoms with Gasteiger partial charge in [0.2, 0.25) is 5.91 Å². The van der Waals surface area contributed by atoms with E-state index in [0.29, 0.717) is 24.3 Å². The standard InChI is InChI=1S/C13H20N4O/c1-13(2)4-8(13)5-15-12(18)10-3-9-11(6-14-10)17-7-16-9/h7-8,10,14H,3-6H2,1-2H3,(H,15,18)(H,16,17). The Bertz CT molecular complexity index is 465. The number of amides is 1. The molecule has 1 aliphatic carbocycles. The van der Waals surface area contributed by atoms with E-state index in [2.05, 4.69) is 34.4 Å². The Morgan fingerprint density at radius 3 is 3.11 bits per heavy atom. The fraction of sp³-hybridized carbons (Fsp3) is 0.692. The van der Waals surface area contributed by atoms with Crippen LogP contribution in [-0.2, 0) is 17.8 Å². The molecule has 2 aliphatic rings. The van der Waals surface area contributed by atoms with Gasteiger partial charge in [-0.2, -0.15) is 0 Å². The number of imidazole rings is 1. The average Bonchev–Trinajstić information content (AvgIpc) is 2.77. The molecule has 3 rings (SSSR count). The lowest BCUT2D eigenvalue weighted by Gasteiger charge is -2.22. The van der Waals surface area contributed by atoms with Crippen molar-refractivity contribution in [2.75, 3.05) is 6.54 Å². The molecule has 1 aliphatic heterocycles. The van der Waals surface area contributed by atoms with Crippen molar-refractivity contribution in [3.05, 3.63) is 17.7 Å². The first-order chi connectivity index (χ1) is 8.56. The summed E-state index contributed by atoms with van der Waals surface area (Å²) in [5, 5.41) is 6.30. The number of nitrogens with zero attached hydrogens (tertiary/aromatic N) is 1. The van der Waals surface area contributed by atoms with Crippen molar-refractivity contribution < 1.29 is 4.79 Å². The number of carbonyl (C=O) groups excluding carboxylic acids is 1. The highest BCUT2D eigenvalue weighted by Gasteiger charge is 2.45. The third kappa shape index (κ3) is 2.14. The predicted octanol–water partition coefficient (Wildman–Crippen LogP) is 0.586. The highest BCUT2D eigenvalue weighted by molar-refractivity contribution is 5.82. The Hall–Kier alpha value is -1.36. The second kappa shape index (κ2) is 4.09. The molecule has 18 heavy (non-hydrogen) atoms. The summed E-state index contributed by atoms with van der Waals surface area (Å²) in [5.74, 6) is 0.748. The van der Waals surface area contributed by atoms with Gasteiger partial charge in [-0.1, -0.05) is 13.8 Å². The summed E-state index contributed by atoms with van der Waals surface area (Å²) in [6, 6.07) is -0.136. The molecule has 5 heteroatoms. The summed E-state index contributed by atoms with van der Waals surface area (Å²) in [6.07, 6.45) is 3.59. The van der Waals surface area contributed by atoms with Gasteiger partial charge in [-0.15, -0.1) is 0 Å². The van der Waals surface area contributed by atoms with Crippen LogP contribution < -0.4 is 10.6 Å². The molecule has 1 fully saturated rings. The lowest BCUT2D eigenvalue weighted by Crippen LogP contribution is -2.48. The molecule has 1 saturated carbocycles. The number of hydrogen-bond acceptors (Lipinski definition) is 3. The smallest absolute Gasteiger partial charge is 0.237 e. The zero-order chi connectivity index (χ0) is 12.8. The van der Waals surface area contributed by atoms with E-state index in [9.17, 15) is 4.79 Å². The van der Waals surface area contributed by atoms with E-state index in [4.69, 9.17) is 0 Å². The second-order valence-electron chi connectivity index (χ2n) is 6.10. The summed E-state index contributed by atoms with van der Waals surface area (Å²) >= 11 is 0. The lowest BCUT2D eigenvalue weighted by atomic mass is 10.0. The molecule has 2 unspecified atom stereocenters. The lowest BCUT2D eigenvalue weighted by molar-refractivity contribution is -0.123. The maximum absolute atomic E-state index is 12.1. The number of aromatic amines is 1. The summed E-state index contributed by atoms with van der Waals surface area (Å²) in [4.78, 5) is 19.4. The molecular formula is C13H20N4O. The molecule has 0 saturated heterocycles. The van der Waals surface area contributed by atoms with Gasteiger partial charge in [0, 0.05) is 19.5 Å². The van der Waals surface area contributed by atoms with Crippen molar-refractivity contribution in [1.29, 1.82) is 0 Å². The minimum absolute atomic E-state index is 0.103. The summed E-state index contributed by atoms with van der Waals surface area (Å²) in [6.45, 7) is 6.00. The number of H-pyrrole nitrogens is 1. The fourth-order valence-electron chi connectivity index (χ4n) is 2.63. The van der Waals surface area contributed by atoms with Crippen molar-refractivity contribution in [3.8, 4) is 0 Å². The molecule has 0 radical (unpaired) electrons. The zero-order valence-electron chi connectivity index (χ0n) is 10.9. The van der Waals surface area contributed by atoms with Crippen LogP contribution in [0.5, 0.6) is 0 Å². The molecule has 98 valence electrons. The molecule has 3 N–H and O–H groups in total. The summed E-state index contributed by atoms with van der Waals surface area (Å²) in [5.41, 5.74) is 2.53. The fourth-order valence-corrected chi connectivity index (χ4v) is 2.63. The van der Waals surface area contributed by atoms with Crippen LogP contribution >= 0.6 is 0 Å². The van der Waals surface area contributed by atoms with Crippen molar-refractivity contribution in [2.24, 2.45) is 11.3 Å². The number of rotatable bonds is 3. The molecule has 0 bridgehead atoms. The van der Waals surface area contributed by atoms with Gasteiger partial charge in [0.15, 0.2) is 0 Å². The number of nitrogens with one attached hydrogen (secondary N) is 3. The normalized spacial score (nSPS) is 28.6. The highest BCUT2D eigenvalue weighted by atomic mass is 16.2. The Labute approximate surface area is 107 Å². The highest BCUT2D eigenvalue weighted by Crippen LogP contribution is 2.50. The van der Waals surface area contributed by atoms with E-state index >= 15 is 0 Å². The number of fused-ring (bicyclic) bond motifs is 1. The minimum atomic E-state index is -0.136. The summed E-state index contributed by atoms with van der Waals surface area (Å²) in [7, 11) is 0. The molecule has 1 aromatic heterocycles. The first-order valence-electron chi connectivity index (χ1n) is 6.58. The van der Waals surface area contributed by atoms with Crippen LogP contribution in [0.1, 0.15) is 31.7 Å². The van der Waals surface area contributed by atoms with Crippen molar-refractivity contribution >= 4 is 5.91 Å². The van der Waals surface area contributed by atoms with E-state index in [0.717, 1.165) is 17.9 Å². The molecule has 2 atom stereocenters. The van der Waals surface area contributed by atoms with Gasteiger partial charge in [0.1, 0.15) is 0 Å². The van der Waals surface area contributed by atoms with Crippen LogP contribution in [0.2, 0.25) is 0 Å². The van der Waals surface area contributed by atoms with Crippen molar-refractivity contribution in [2.45, 2.75) is 39.3 Å². The van der Waals surface area contributed by atoms with E-state index in [1.54, 1.807) is 6.33 Å². The van der Waals surface area contributed by atoms with Crippen LogP contribution in [0.25, 0.3) is 0 Å². The zero-order valence-corrected chi connectivity index (χ0v) is 10.9. The van der Waals surface area contributed by atoms with Gasteiger partial charge in [-0.25, -0.2) is 4.98 Å². The Balaban J connectivity index is 1.52. The van der Waals surface area contributed by atoms with E-state index in [1.807, 2.05) is 0 Å². The Morgan fingerprint density at radius 2 is 2.39 bits per heavy atom. The van der Waals surface area contributed by atoms with Gasteiger partial charge >= 0.3 is 0 Å². The van der Waals surface area contributed by atoms with Crippen molar-refractivity contribution in [3.63, 3.8) is 0 Å². The first-order valence-corrected chi connectivity index (χ1v) is 6.58. The first kappa shape index (κ1) is 11.7. The molecule has 1 aromatic rings. The summed E-state index contributed by atoms with van der Waals surface area (Å²) < 4.78 is 0.